The van der Waals surface area contributed by atoms with Crippen LogP contribution in [-0.4, -0.2) is 5.91 Å². The number of carbonyl (C=O) groups is 1. The van der Waals surface area contributed by atoms with Crippen molar-refractivity contribution in [3.05, 3.63) is 60.2 Å². The number of carbonyl (C=O) groups excluding carboxylic acids is 1. The Morgan fingerprint density at radius 2 is 1.53 bits per heavy atom. The van der Waals surface area contributed by atoms with Crippen LogP contribution < -0.4 is 5.32 Å². The summed E-state index contributed by atoms with van der Waals surface area (Å²) in [6.07, 6.45) is 0. The predicted molar refractivity (Wildman–Crippen MR) is 69.4 cm³/mol. The van der Waals surface area contributed by atoms with Gasteiger partial charge in [0.1, 0.15) is 0 Å². The van der Waals surface area contributed by atoms with E-state index < -0.39 is 0 Å². The SMILES string of the molecule is CC(=O)NCc1ccc(-c2ccccc2)cc1. The molecule has 0 aliphatic heterocycles. The molecule has 0 unspecified atom stereocenters. The lowest BCUT2D eigenvalue weighted by molar-refractivity contribution is -0.119. The van der Waals surface area contributed by atoms with Crippen molar-refractivity contribution in [3.63, 3.8) is 0 Å². The van der Waals surface area contributed by atoms with Crippen molar-refractivity contribution in [1.82, 2.24) is 5.32 Å². The molecule has 0 aliphatic carbocycles. The van der Waals surface area contributed by atoms with Gasteiger partial charge in [-0.05, 0) is 16.7 Å². The van der Waals surface area contributed by atoms with Crippen LogP contribution in [0.5, 0.6) is 0 Å². The van der Waals surface area contributed by atoms with Crippen LogP contribution in [0.4, 0.5) is 0 Å². The molecule has 0 saturated heterocycles. The third kappa shape index (κ3) is 3.18. The summed E-state index contributed by atoms with van der Waals surface area (Å²) in [7, 11) is 0. The summed E-state index contributed by atoms with van der Waals surface area (Å²) in [6, 6.07) is 18.5. The van der Waals surface area contributed by atoms with Gasteiger partial charge in [0.15, 0.2) is 0 Å². The smallest absolute Gasteiger partial charge is 0.217 e. The molecule has 86 valence electrons. The minimum absolute atomic E-state index is 0.00265. The maximum absolute atomic E-state index is 10.8. The lowest BCUT2D eigenvalue weighted by atomic mass is 10.0. The lowest BCUT2D eigenvalue weighted by Gasteiger charge is -2.05. The number of benzene rings is 2. The highest BCUT2D eigenvalue weighted by atomic mass is 16.1. The number of nitrogens with one attached hydrogen (secondary N) is 1. The van der Waals surface area contributed by atoms with Gasteiger partial charge in [0.2, 0.25) is 5.91 Å². The Balaban J connectivity index is 2.11. The molecule has 2 nitrogen and oxygen atoms in total. The maximum Gasteiger partial charge on any atom is 0.217 e. The quantitative estimate of drug-likeness (QED) is 0.854. The van der Waals surface area contributed by atoms with E-state index in [9.17, 15) is 4.79 Å². The van der Waals surface area contributed by atoms with E-state index in [2.05, 4.69) is 29.6 Å². The standard InChI is InChI=1S/C15H15NO/c1-12(17)16-11-13-7-9-15(10-8-13)14-5-3-2-4-6-14/h2-10H,11H2,1H3,(H,16,17). The summed E-state index contributed by atoms with van der Waals surface area (Å²) < 4.78 is 0. The molecule has 2 rings (SSSR count). The second kappa shape index (κ2) is 5.30. The Hall–Kier alpha value is -2.09. The Labute approximate surface area is 101 Å². The zero-order valence-electron chi connectivity index (χ0n) is 9.81. The molecule has 2 aromatic rings. The molecule has 0 heterocycles. The fourth-order valence-electron chi connectivity index (χ4n) is 1.67. The Morgan fingerprint density at radius 1 is 0.941 bits per heavy atom. The van der Waals surface area contributed by atoms with Gasteiger partial charge in [-0.25, -0.2) is 0 Å². The van der Waals surface area contributed by atoms with Crippen LogP contribution in [0, 0.1) is 0 Å². The van der Waals surface area contributed by atoms with E-state index in [0.717, 1.165) is 5.56 Å². The van der Waals surface area contributed by atoms with E-state index in [0.29, 0.717) is 6.54 Å². The second-order valence-electron chi connectivity index (χ2n) is 3.97. The van der Waals surface area contributed by atoms with Crippen LogP contribution in [0.1, 0.15) is 12.5 Å². The highest BCUT2D eigenvalue weighted by Gasteiger charge is 1.98. The first-order valence-corrected chi connectivity index (χ1v) is 5.64. The molecule has 0 aliphatic rings. The molecule has 1 amide bonds. The largest absolute Gasteiger partial charge is 0.352 e. The van der Waals surface area contributed by atoms with Crippen LogP contribution in [0.25, 0.3) is 11.1 Å². The Bertz CT molecular complexity index is 488. The van der Waals surface area contributed by atoms with E-state index in [-0.39, 0.29) is 5.91 Å². The Morgan fingerprint density at radius 3 is 2.12 bits per heavy atom. The lowest BCUT2D eigenvalue weighted by Crippen LogP contribution is -2.18. The zero-order chi connectivity index (χ0) is 12.1. The van der Waals surface area contributed by atoms with Gasteiger partial charge < -0.3 is 5.32 Å². The molecule has 0 spiro atoms. The van der Waals surface area contributed by atoms with Crippen LogP contribution in [-0.2, 0) is 11.3 Å². The van der Waals surface area contributed by atoms with Gasteiger partial charge in [-0.2, -0.15) is 0 Å². The van der Waals surface area contributed by atoms with Gasteiger partial charge in [0.25, 0.3) is 0 Å². The highest BCUT2D eigenvalue weighted by Crippen LogP contribution is 2.18. The van der Waals surface area contributed by atoms with E-state index >= 15 is 0 Å². The van der Waals surface area contributed by atoms with Crippen molar-refractivity contribution in [1.29, 1.82) is 0 Å². The van der Waals surface area contributed by atoms with E-state index in [1.54, 1.807) is 0 Å². The maximum atomic E-state index is 10.8. The highest BCUT2D eigenvalue weighted by molar-refractivity contribution is 5.72. The Kier molecular flexibility index (Phi) is 3.55. The molecule has 0 bridgehead atoms. The molecule has 17 heavy (non-hydrogen) atoms. The van der Waals surface area contributed by atoms with Gasteiger partial charge in [-0.3, -0.25) is 4.79 Å². The summed E-state index contributed by atoms with van der Waals surface area (Å²) in [5.41, 5.74) is 3.51. The summed E-state index contributed by atoms with van der Waals surface area (Å²) in [5, 5.41) is 2.78. The number of rotatable bonds is 3. The molecular weight excluding hydrogens is 210 g/mol. The summed E-state index contributed by atoms with van der Waals surface area (Å²) >= 11 is 0. The molecule has 0 atom stereocenters. The van der Waals surface area contributed by atoms with Crippen LogP contribution in [0.3, 0.4) is 0 Å². The van der Waals surface area contributed by atoms with Gasteiger partial charge in [0.05, 0.1) is 0 Å². The van der Waals surface area contributed by atoms with Gasteiger partial charge >= 0.3 is 0 Å². The monoisotopic (exact) mass is 225 g/mol. The minimum atomic E-state index is -0.00265. The first kappa shape index (κ1) is 11.4. The third-order valence-electron chi connectivity index (χ3n) is 2.60. The van der Waals surface area contributed by atoms with Gasteiger partial charge in [0, 0.05) is 13.5 Å². The molecule has 0 aromatic heterocycles. The van der Waals surface area contributed by atoms with Crippen LogP contribution in [0.15, 0.2) is 54.6 Å². The molecule has 2 heteroatoms. The van der Waals surface area contributed by atoms with Crippen molar-refractivity contribution in [2.75, 3.05) is 0 Å². The van der Waals surface area contributed by atoms with Crippen molar-refractivity contribution in [2.45, 2.75) is 13.5 Å². The fraction of sp³-hybridized carbons (Fsp3) is 0.133. The number of hydrogen-bond donors (Lipinski definition) is 1. The number of hydrogen-bond acceptors (Lipinski definition) is 1. The van der Waals surface area contributed by atoms with Crippen molar-refractivity contribution >= 4 is 5.91 Å². The summed E-state index contributed by atoms with van der Waals surface area (Å²) in [5.74, 6) is -0.00265. The van der Waals surface area contributed by atoms with Crippen LogP contribution >= 0.6 is 0 Å². The van der Waals surface area contributed by atoms with Crippen molar-refractivity contribution in [3.8, 4) is 11.1 Å². The second-order valence-corrected chi connectivity index (χ2v) is 3.97. The molecule has 0 fully saturated rings. The van der Waals surface area contributed by atoms with Crippen molar-refractivity contribution < 1.29 is 4.79 Å². The molecule has 0 radical (unpaired) electrons. The zero-order valence-corrected chi connectivity index (χ0v) is 9.81. The first-order chi connectivity index (χ1) is 8.25. The first-order valence-electron chi connectivity index (χ1n) is 5.64. The van der Waals surface area contributed by atoms with Crippen LogP contribution in [0.2, 0.25) is 0 Å². The van der Waals surface area contributed by atoms with Gasteiger partial charge in [-0.1, -0.05) is 54.6 Å². The molecule has 2 aromatic carbocycles. The average molecular weight is 225 g/mol. The third-order valence-corrected chi connectivity index (χ3v) is 2.60. The number of amides is 1. The predicted octanol–water partition coefficient (Wildman–Crippen LogP) is 2.99. The van der Waals surface area contributed by atoms with E-state index in [1.165, 1.54) is 18.1 Å². The molecular formula is C15H15NO. The summed E-state index contributed by atoms with van der Waals surface area (Å²) in [4.78, 5) is 10.8. The average Bonchev–Trinajstić information content (AvgIpc) is 2.38. The minimum Gasteiger partial charge on any atom is -0.352 e. The molecule has 0 saturated carbocycles. The summed E-state index contributed by atoms with van der Waals surface area (Å²) in [6.45, 7) is 2.11. The topological polar surface area (TPSA) is 29.1 Å². The van der Waals surface area contributed by atoms with E-state index in [4.69, 9.17) is 0 Å². The van der Waals surface area contributed by atoms with E-state index in [1.807, 2.05) is 30.3 Å². The van der Waals surface area contributed by atoms with Gasteiger partial charge in [-0.15, -0.1) is 0 Å². The fourth-order valence-corrected chi connectivity index (χ4v) is 1.67. The van der Waals surface area contributed by atoms with Crippen molar-refractivity contribution in [2.24, 2.45) is 0 Å². The normalized spacial score (nSPS) is 9.94. The molecule has 1 N–H and O–H groups in total.